The summed E-state index contributed by atoms with van der Waals surface area (Å²) in [4.78, 5) is 0. The van der Waals surface area contributed by atoms with Crippen molar-refractivity contribution < 1.29 is 4.74 Å². The molecule has 196 valence electrons. The summed E-state index contributed by atoms with van der Waals surface area (Å²) in [6.07, 6.45) is 19.7. The van der Waals surface area contributed by atoms with Crippen LogP contribution >= 0.6 is 0 Å². The number of fused-ring (bicyclic) bond motifs is 1. The van der Waals surface area contributed by atoms with Crippen molar-refractivity contribution in [3.63, 3.8) is 0 Å². The molecule has 0 spiro atoms. The van der Waals surface area contributed by atoms with E-state index in [0.717, 1.165) is 18.8 Å². The predicted octanol–water partition coefficient (Wildman–Crippen LogP) is 9.99. The molecule has 0 unspecified atom stereocenters. The van der Waals surface area contributed by atoms with E-state index in [2.05, 4.69) is 72.9 Å². The van der Waals surface area contributed by atoms with Gasteiger partial charge in [0.2, 0.25) is 0 Å². The summed E-state index contributed by atoms with van der Waals surface area (Å²) in [5, 5.41) is 6.26. The standard InChI is InChI=1S/C34H49NO/c1-2-3-4-5-6-7-8-9-10-11-12-13-14-20-27-35-28-33-32-24-19-18-23-31(32)25-26-34(33)36-29-30-21-16-15-17-22-30/h15-19,21-26,35H,2-14,20,27-29H2,1H3. The normalized spacial score (nSPS) is 11.2. The van der Waals surface area contributed by atoms with Crippen LogP contribution in [0.15, 0.2) is 66.7 Å². The molecule has 1 N–H and O–H groups in total. The molecule has 0 saturated heterocycles. The second-order valence-electron chi connectivity index (χ2n) is 10.3. The van der Waals surface area contributed by atoms with Gasteiger partial charge in [-0.15, -0.1) is 0 Å². The Morgan fingerprint density at radius 3 is 1.83 bits per heavy atom. The Balaban J connectivity index is 1.29. The van der Waals surface area contributed by atoms with Crippen molar-refractivity contribution in [2.75, 3.05) is 6.54 Å². The van der Waals surface area contributed by atoms with Crippen molar-refractivity contribution >= 4 is 10.8 Å². The molecule has 36 heavy (non-hydrogen) atoms. The highest BCUT2D eigenvalue weighted by Gasteiger charge is 2.09. The zero-order chi connectivity index (χ0) is 25.1. The molecule has 2 heteroatoms. The van der Waals surface area contributed by atoms with Gasteiger partial charge in [-0.05, 0) is 35.4 Å². The number of ether oxygens (including phenoxy) is 1. The molecule has 0 fully saturated rings. The molecule has 3 aromatic carbocycles. The Morgan fingerprint density at radius 1 is 0.583 bits per heavy atom. The first-order valence-corrected chi connectivity index (χ1v) is 14.8. The van der Waals surface area contributed by atoms with Crippen LogP contribution in [0.3, 0.4) is 0 Å². The molecule has 3 aromatic rings. The van der Waals surface area contributed by atoms with E-state index < -0.39 is 0 Å². The quantitative estimate of drug-likeness (QED) is 0.160. The van der Waals surface area contributed by atoms with Crippen molar-refractivity contribution in [1.82, 2.24) is 5.32 Å². The lowest BCUT2D eigenvalue weighted by atomic mass is 10.0. The highest BCUT2D eigenvalue weighted by atomic mass is 16.5. The van der Waals surface area contributed by atoms with Crippen LogP contribution in [-0.4, -0.2) is 6.54 Å². The lowest BCUT2D eigenvalue weighted by Crippen LogP contribution is -2.16. The summed E-state index contributed by atoms with van der Waals surface area (Å²) in [6, 6.07) is 23.4. The van der Waals surface area contributed by atoms with Crippen LogP contribution in [0.4, 0.5) is 0 Å². The molecule has 0 atom stereocenters. The average molecular weight is 488 g/mol. The van der Waals surface area contributed by atoms with Gasteiger partial charge in [0.1, 0.15) is 12.4 Å². The van der Waals surface area contributed by atoms with Gasteiger partial charge in [0.25, 0.3) is 0 Å². The van der Waals surface area contributed by atoms with E-state index in [9.17, 15) is 0 Å². The third-order valence-electron chi connectivity index (χ3n) is 7.24. The molecular formula is C34H49NO. The van der Waals surface area contributed by atoms with Crippen LogP contribution in [0.2, 0.25) is 0 Å². The lowest BCUT2D eigenvalue weighted by molar-refractivity contribution is 0.302. The van der Waals surface area contributed by atoms with Gasteiger partial charge in [-0.3, -0.25) is 0 Å². The maximum Gasteiger partial charge on any atom is 0.124 e. The number of hydrogen-bond donors (Lipinski definition) is 1. The van der Waals surface area contributed by atoms with Gasteiger partial charge in [0, 0.05) is 12.1 Å². The number of rotatable bonds is 20. The minimum atomic E-state index is 0.602. The van der Waals surface area contributed by atoms with E-state index in [1.165, 1.54) is 112 Å². The number of unbranched alkanes of at least 4 members (excludes halogenated alkanes) is 13. The zero-order valence-corrected chi connectivity index (χ0v) is 22.8. The summed E-state index contributed by atoms with van der Waals surface area (Å²) in [6.45, 7) is 4.82. The fraction of sp³-hybridized carbons (Fsp3) is 0.529. The van der Waals surface area contributed by atoms with Gasteiger partial charge in [-0.2, -0.15) is 0 Å². The summed E-state index contributed by atoms with van der Waals surface area (Å²) >= 11 is 0. The second-order valence-corrected chi connectivity index (χ2v) is 10.3. The van der Waals surface area contributed by atoms with E-state index in [4.69, 9.17) is 4.74 Å². The number of nitrogens with one attached hydrogen (secondary N) is 1. The molecule has 0 aliphatic rings. The molecular weight excluding hydrogens is 438 g/mol. The Bertz CT molecular complexity index is 952. The van der Waals surface area contributed by atoms with E-state index in [-0.39, 0.29) is 0 Å². The molecule has 3 rings (SSSR count). The molecule has 0 aliphatic carbocycles. The number of hydrogen-bond acceptors (Lipinski definition) is 2. The summed E-state index contributed by atoms with van der Waals surface area (Å²) in [7, 11) is 0. The van der Waals surface area contributed by atoms with E-state index in [0.29, 0.717) is 6.61 Å². The zero-order valence-electron chi connectivity index (χ0n) is 22.8. The molecule has 0 aromatic heterocycles. The van der Waals surface area contributed by atoms with Crippen LogP contribution in [0, 0.1) is 0 Å². The maximum absolute atomic E-state index is 6.27. The minimum Gasteiger partial charge on any atom is -0.489 e. The Hall–Kier alpha value is -2.32. The second kappa shape index (κ2) is 18.0. The van der Waals surface area contributed by atoms with E-state index in [1.807, 2.05) is 6.07 Å². The molecule has 0 aliphatic heterocycles. The highest BCUT2D eigenvalue weighted by Crippen LogP contribution is 2.29. The van der Waals surface area contributed by atoms with Gasteiger partial charge in [-0.1, -0.05) is 151 Å². The third kappa shape index (κ3) is 10.7. The summed E-state index contributed by atoms with van der Waals surface area (Å²) in [5.41, 5.74) is 2.47. The molecule has 0 heterocycles. The first kappa shape index (κ1) is 28.3. The van der Waals surface area contributed by atoms with Crippen molar-refractivity contribution in [3.8, 4) is 5.75 Å². The summed E-state index contributed by atoms with van der Waals surface area (Å²) < 4.78 is 6.27. The maximum atomic E-state index is 6.27. The first-order chi connectivity index (χ1) is 17.9. The lowest BCUT2D eigenvalue weighted by Gasteiger charge is -2.15. The van der Waals surface area contributed by atoms with Crippen LogP contribution in [-0.2, 0) is 13.2 Å². The fourth-order valence-corrected chi connectivity index (χ4v) is 5.03. The SMILES string of the molecule is CCCCCCCCCCCCCCCCNCc1c(OCc2ccccc2)ccc2ccccc12. The van der Waals surface area contributed by atoms with Crippen molar-refractivity contribution in [1.29, 1.82) is 0 Å². The minimum absolute atomic E-state index is 0.602. The van der Waals surface area contributed by atoms with Gasteiger partial charge in [0.15, 0.2) is 0 Å². The topological polar surface area (TPSA) is 21.3 Å². The predicted molar refractivity (Wildman–Crippen MR) is 157 cm³/mol. The average Bonchev–Trinajstić information content (AvgIpc) is 2.92. The first-order valence-electron chi connectivity index (χ1n) is 14.8. The molecule has 2 nitrogen and oxygen atoms in total. The van der Waals surface area contributed by atoms with Crippen LogP contribution in [0.1, 0.15) is 108 Å². The summed E-state index contributed by atoms with van der Waals surface area (Å²) in [5.74, 6) is 0.992. The monoisotopic (exact) mass is 487 g/mol. The Labute approximate surface area is 220 Å². The van der Waals surface area contributed by atoms with Gasteiger partial charge < -0.3 is 10.1 Å². The van der Waals surface area contributed by atoms with Crippen molar-refractivity contribution in [3.05, 3.63) is 77.9 Å². The van der Waals surface area contributed by atoms with Crippen LogP contribution in [0.5, 0.6) is 5.75 Å². The van der Waals surface area contributed by atoms with E-state index >= 15 is 0 Å². The highest BCUT2D eigenvalue weighted by molar-refractivity contribution is 5.87. The van der Waals surface area contributed by atoms with Gasteiger partial charge in [-0.25, -0.2) is 0 Å². The molecule has 0 saturated carbocycles. The van der Waals surface area contributed by atoms with E-state index in [1.54, 1.807) is 0 Å². The molecule has 0 amide bonds. The van der Waals surface area contributed by atoms with Crippen molar-refractivity contribution in [2.24, 2.45) is 0 Å². The fourth-order valence-electron chi connectivity index (χ4n) is 5.03. The number of benzene rings is 3. The Kier molecular flexibility index (Phi) is 14.1. The smallest absolute Gasteiger partial charge is 0.124 e. The molecule has 0 radical (unpaired) electrons. The largest absolute Gasteiger partial charge is 0.489 e. The third-order valence-corrected chi connectivity index (χ3v) is 7.24. The van der Waals surface area contributed by atoms with Crippen molar-refractivity contribution in [2.45, 2.75) is 110 Å². The van der Waals surface area contributed by atoms with Crippen LogP contribution < -0.4 is 10.1 Å². The van der Waals surface area contributed by atoms with Gasteiger partial charge >= 0.3 is 0 Å². The molecule has 0 bridgehead atoms. The Morgan fingerprint density at radius 2 is 1.17 bits per heavy atom. The van der Waals surface area contributed by atoms with Gasteiger partial charge in [0.05, 0.1) is 0 Å². The van der Waals surface area contributed by atoms with Crippen LogP contribution in [0.25, 0.3) is 10.8 Å².